The van der Waals surface area contributed by atoms with Crippen LogP contribution in [0.5, 0.6) is 0 Å². The van der Waals surface area contributed by atoms with Crippen molar-refractivity contribution >= 4 is 45.9 Å². The average molecular weight is 335 g/mol. The number of aryl methyl sites for hydroxylation is 1. The molecule has 1 fully saturated rings. The molecule has 0 spiro atoms. The lowest BCUT2D eigenvalue weighted by molar-refractivity contribution is -0.122. The number of hydrazone groups is 1. The molecule has 1 amide bonds. The van der Waals surface area contributed by atoms with Gasteiger partial charge in [0.05, 0.1) is 11.1 Å². The summed E-state index contributed by atoms with van der Waals surface area (Å²) in [5.41, 5.74) is 4.63. The summed E-state index contributed by atoms with van der Waals surface area (Å²) in [6.45, 7) is 2.02. The zero-order valence-corrected chi connectivity index (χ0v) is 13.5. The van der Waals surface area contributed by atoms with Gasteiger partial charge in [-0.05, 0) is 31.4 Å². The Balaban J connectivity index is 1.66. The van der Waals surface area contributed by atoms with Crippen molar-refractivity contribution in [3.63, 3.8) is 0 Å². The second-order valence-corrected chi connectivity index (χ2v) is 6.51. The van der Waals surface area contributed by atoms with Crippen molar-refractivity contribution in [3.8, 4) is 0 Å². The molecule has 0 aliphatic heterocycles. The van der Waals surface area contributed by atoms with Gasteiger partial charge in [-0.3, -0.25) is 4.79 Å². The molecule has 0 unspecified atom stereocenters. The Morgan fingerprint density at radius 2 is 2.23 bits per heavy atom. The third-order valence-corrected chi connectivity index (χ3v) is 4.61. The SMILES string of the molecule is Cc1ccccc1Nc1nc(Cl)c(/C=N/NC(=O)C2CC2)s1. The second kappa shape index (κ2) is 6.46. The quantitative estimate of drug-likeness (QED) is 0.647. The van der Waals surface area contributed by atoms with Crippen molar-refractivity contribution in [2.75, 3.05) is 5.32 Å². The molecular weight excluding hydrogens is 320 g/mol. The number of hydrogen-bond acceptors (Lipinski definition) is 5. The number of carbonyl (C=O) groups excluding carboxylic acids is 1. The Bertz CT molecular complexity index is 724. The molecule has 1 saturated carbocycles. The minimum Gasteiger partial charge on any atom is -0.331 e. The number of hydrogen-bond donors (Lipinski definition) is 2. The van der Waals surface area contributed by atoms with Gasteiger partial charge in [0.15, 0.2) is 10.3 Å². The second-order valence-electron chi connectivity index (χ2n) is 5.12. The van der Waals surface area contributed by atoms with Gasteiger partial charge in [0.25, 0.3) is 0 Å². The Kier molecular flexibility index (Phi) is 4.40. The zero-order chi connectivity index (χ0) is 15.5. The van der Waals surface area contributed by atoms with E-state index < -0.39 is 0 Å². The molecule has 1 heterocycles. The highest BCUT2D eigenvalue weighted by atomic mass is 35.5. The molecule has 5 nitrogen and oxygen atoms in total. The van der Waals surface area contributed by atoms with E-state index in [0.717, 1.165) is 24.1 Å². The monoisotopic (exact) mass is 334 g/mol. The van der Waals surface area contributed by atoms with E-state index in [1.165, 1.54) is 17.6 Å². The lowest BCUT2D eigenvalue weighted by Crippen LogP contribution is -2.18. The summed E-state index contributed by atoms with van der Waals surface area (Å²) < 4.78 is 0. The van der Waals surface area contributed by atoms with Gasteiger partial charge < -0.3 is 5.32 Å². The Morgan fingerprint density at radius 3 is 2.95 bits per heavy atom. The molecule has 0 saturated heterocycles. The van der Waals surface area contributed by atoms with Gasteiger partial charge in [-0.25, -0.2) is 10.4 Å². The van der Waals surface area contributed by atoms with E-state index in [1.807, 2.05) is 31.2 Å². The van der Waals surface area contributed by atoms with Crippen molar-refractivity contribution in [3.05, 3.63) is 39.9 Å². The summed E-state index contributed by atoms with van der Waals surface area (Å²) in [7, 11) is 0. The normalized spacial score (nSPS) is 14.3. The van der Waals surface area contributed by atoms with Gasteiger partial charge in [0, 0.05) is 11.6 Å². The lowest BCUT2D eigenvalue weighted by atomic mass is 10.2. The van der Waals surface area contributed by atoms with Crippen LogP contribution < -0.4 is 10.7 Å². The maximum Gasteiger partial charge on any atom is 0.243 e. The number of amides is 1. The summed E-state index contributed by atoms with van der Waals surface area (Å²) in [6.07, 6.45) is 3.43. The number of benzene rings is 1. The first-order valence-corrected chi connectivity index (χ1v) is 8.15. The largest absolute Gasteiger partial charge is 0.331 e. The third-order valence-electron chi connectivity index (χ3n) is 3.30. The Labute approximate surface area is 137 Å². The number of anilines is 2. The first-order chi connectivity index (χ1) is 10.6. The fraction of sp³-hybridized carbons (Fsp3) is 0.267. The van der Waals surface area contributed by atoms with Crippen LogP contribution in [0.25, 0.3) is 0 Å². The fourth-order valence-electron chi connectivity index (χ4n) is 1.87. The first-order valence-electron chi connectivity index (χ1n) is 6.95. The van der Waals surface area contributed by atoms with Crippen molar-refractivity contribution < 1.29 is 4.79 Å². The van der Waals surface area contributed by atoms with Crippen LogP contribution in [0, 0.1) is 12.8 Å². The minimum absolute atomic E-state index is 0.0323. The molecule has 2 aromatic rings. The smallest absolute Gasteiger partial charge is 0.243 e. The molecule has 2 N–H and O–H groups in total. The van der Waals surface area contributed by atoms with Crippen LogP contribution >= 0.6 is 22.9 Å². The van der Waals surface area contributed by atoms with Crippen LogP contribution in [0.2, 0.25) is 5.15 Å². The highest BCUT2D eigenvalue weighted by Crippen LogP contribution is 2.30. The molecular formula is C15H15ClN4OS. The van der Waals surface area contributed by atoms with Gasteiger partial charge in [-0.1, -0.05) is 41.1 Å². The van der Waals surface area contributed by atoms with Crippen LogP contribution in [-0.4, -0.2) is 17.1 Å². The molecule has 22 heavy (non-hydrogen) atoms. The van der Waals surface area contributed by atoms with E-state index in [-0.39, 0.29) is 11.8 Å². The summed E-state index contributed by atoms with van der Waals surface area (Å²) in [6, 6.07) is 7.94. The third kappa shape index (κ3) is 3.64. The van der Waals surface area contributed by atoms with E-state index in [9.17, 15) is 4.79 Å². The molecule has 7 heteroatoms. The number of aromatic nitrogens is 1. The summed E-state index contributed by atoms with van der Waals surface area (Å²) in [4.78, 5) is 16.4. The Hall–Kier alpha value is -1.92. The number of carbonyl (C=O) groups is 1. The van der Waals surface area contributed by atoms with Crippen LogP contribution in [0.3, 0.4) is 0 Å². The number of nitrogens with one attached hydrogen (secondary N) is 2. The first kappa shape index (κ1) is 15.0. The number of halogens is 1. The maximum atomic E-state index is 11.5. The highest BCUT2D eigenvalue weighted by molar-refractivity contribution is 7.17. The number of para-hydroxylation sites is 1. The van der Waals surface area contributed by atoms with Crippen molar-refractivity contribution in [1.29, 1.82) is 0 Å². The van der Waals surface area contributed by atoms with Gasteiger partial charge in [0.1, 0.15) is 0 Å². The van der Waals surface area contributed by atoms with Crippen LogP contribution in [0.15, 0.2) is 29.4 Å². The van der Waals surface area contributed by atoms with E-state index >= 15 is 0 Å². The molecule has 0 radical (unpaired) electrons. The molecule has 1 aromatic carbocycles. The summed E-state index contributed by atoms with van der Waals surface area (Å²) in [5, 5.41) is 8.23. The number of rotatable bonds is 5. The predicted octanol–water partition coefficient (Wildman–Crippen LogP) is 3.71. The van der Waals surface area contributed by atoms with Crippen LogP contribution in [0.4, 0.5) is 10.8 Å². The predicted molar refractivity (Wildman–Crippen MR) is 90.0 cm³/mol. The maximum absolute atomic E-state index is 11.5. The average Bonchev–Trinajstić information content (AvgIpc) is 3.28. The van der Waals surface area contributed by atoms with Crippen molar-refractivity contribution in [2.24, 2.45) is 11.0 Å². The van der Waals surface area contributed by atoms with Gasteiger partial charge >= 0.3 is 0 Å². The van der Waals surface area contributed by atoms with E-state index in [1.54, 1.807) is 0 Å². The molecule has 114 valence electrons. The van der Waals surface area contributed by atoms with Crippen molar-refractivity contribution in [2.45, 2.75) is 19.8 Å². The standard InChI is InChI=1S/C15H15ClN4OS/c1-9-4-2-3-5-11(9)18-15-19-13(16)12(22-15)8-17-20-14(21)10-6-7-10/h2-5,8,10H,6-7H2,1H3,(H,18,19)(H,20,21)/b17-8+. The minimum atomic E-state index is -0.0323. The Morgan fingerprint density at radius 1 is 1.45 bits per heavy atom. The van der Waals surface area contributed by atoms with Gasteiger partial charge in [-0.2, -0.15) is 5.10 Å². The van der Waals surface area contributed by atoms with E-state index in [0.29, 0.717) is 15.2 Å². The van der Waals surface area contributed by atoms with E-state index in [2.05, 4.69) is 20.8 Å². The number of nitrogens with zero attached hydrogens (tertiary/aromatic N) is 2. The topological polar surface area (TPSA) is 66.4 Å². The number of thiazole rings is 1. The van der Waals surface area contributed by atoms with Gasteiger partial charge in [-0.15, -0.1) is 0 Å². The van der Waals surface area contributed by atoms with Gasteiger partial charge in [0.2, 0.25) is 5.91 Å². The fourth-order valence-corrected chi connectivity index (χ4v) is 2.91. The molecule has 1 aliphatic carbocycles. The van der Waals surface area contributed by atoms with Crippen LogP contribution in [0.1, 0.15) is 23.3 Å². The molecule has 0 atom stereocenters. The summed E-state index contributed by atoms with van der Waals surface area (Å²) >= 11 is 7.48. The zero-order valence-electron chi connectivity index (χ0n) is 12.0. The molecule has 0 bridgehead atoms. The molecule has 1 aliphatic rings. The van der Waals surface area contributed by atoms with Crippen LogP contribution in [-0.2, 0) is 4.79 Å². The van der Waals surface area contributed by atoms with Crippen molar-refractivity contribution in [1.82, 2.24) is 10.4 Å². The lowest BCUT2D eigenvalue weighted by Gasteiger charge is -2.05. The molecule has 3 rings (SSSR count). The summed E-state index contributed by atoms with van der Waals surface area (Å²) in [5.74, 6) is 0.0995. The van der Waals surface area contributed by atoms with E-state index in [4.69, 9.17) is 11.6 Å². The highest BCUT2D eigenvalue weighted by Gasteiger charge is 2.29. The molecule has 1 aromatic heterocycles.